The molecular formula is C9H12Cl2O3S. The first-order valence-corrected chi connectivity index (χ1v) is 7.35. The summed E-state index contributed by atoms with van der Waals surface area (Å²) in [6, 6.07) is 12.0. The highest BCUT2D eigenvalue weighted by Crippen LogP contribution is 1.98. The first-order chi connectivity index (χ1) is 7.00. The molecule has 1 aromatic carbocycles. The van der Waals surface area contributed by atoms with Gasteiger partial charge in [0.05, 0.1) is 0 Å². The Hall–Kier alpha value is -0.290. The zero-order valence-corrected chi connectivity index (χ0v) is 10.3. The fourth-order valence-corrected chi connectivity index (χ4v) is 0.529. The average molecular weight is 271 g/mol. The van der Waals surface area contributed by atoms with E-state index in [9.17, 15) is 0 Å². The van der Waals surface area contributed by atoms with E-state index in [1.165, 1.54) is 6.42 Å². The summed E-state index contributed by atoms with van der Waals surface area (Å²) in [6.07, 6.45) is 1.28. The number of hydrogen-bond donors (Lipinski definition) is 0. The van der Waals surface area contributed by atoms with Crippen molar-refractivity contribution in [3.05, 3.63) is 36.4 Å². The molecule has 0 radical (unpaired) electrons. The van der Waals surface area contributed by atoms with Gasteiger partial charge in [-0.15, -0.1) is 0 Å². The molecule has 0 atom stereocenters. The Kier molecular flexibility index (Phi) is 8.80. The molecule has 0 N–H and O–H groups in total. The van der Waals surface area contributed by atoms with E-state index < -0.39 is 8.26 Å². The summed E-state index contributed by atoms with van der Waals surface area (Å²) < 4.78 is 23.0. The molecule has 3 nitrogen and oxygen atoms in total. The third-order valence-electron chi connectivity index (χ3n) is 1.24. The molecule has 1 heterocycles. The van der Waals surface area contributed by atoms with E-state index in [0.717, 1.165) is 13.2 Å². The second-order valence-electron chi connectivity index (χ2n) is 2.50. The Morgan fingerprint density at radius 3 is 1.07 bits per heavy atom. The van der Waals surface area contributed by atoms with E-state index in [4.69, 9.17) is 13.2 Å². The van der Waals surface area contributed by atoms with Crippen LogP contribution >= 0.6 is 21.4 Å². The molecule has 0 saturated carbocycles. The topological polar surface area (TPSA) is 43.4 Å². The molecule has 1 fully saturated rings. The highest BCUT2D eigenvalue weighted by molar-refractivity contribution is 8.31. The molecule has 15 heavy (non-hydrogen) atoms. The van der Waals surface area contributed by atoms with E-state index in [2.05, 4.69) is 21.4 Å². The predicted octanol–water partition coefficient (Wildman–Crippen LogP) is 2.80. The van der Waals surface area contributed by atoms with E-state index >= 15 is 0 Å². The Labute approximate surface area is 98.9 Å². The SMILES string of the molecule is C1COC1.O=S(=O)(Cl)Cl.c1ccccc1. The lowest BCUT2D eigenvalue weighted by molar-refractivity contribution is 0.0367. The van der Waals surface area contributed by atoms with Crippen LogP contribution in [0.1, 0.15) is 6.42 Å². The molecule has 6 heteroatoms. The quantitative estimate of drug-likeness (QED) is 0.681. The van der Waals surface area contributed by atoms with Crippen molar-refractivity contribution in [3.8, 4) is 0 Å². The third kappa shape index (κ3) is 19.9. The average Bonchev–Trinajstić information content (AvgIpc) is 2.01. The Morgan fingerprint density at radius 2 is 1.00 bits per heavy atom. The van der Waals surface area contributed by atoms with Crippen LogP contribution in [-0.2, 0) is 13.0 Å². The van der Waals surface area contributed by atoms with Crippen LogP contribution in [0.25, 0.3) is 0 Å². The first-order valence-electron chi connectivity index (χ1n) is 4.22. The van der Waals surface area contributed by atoms with Gasteiger partial charge in [-0.1, -0.05) is 36.4 Å². The lowest BCUT2D eigenvalue weighted by Crippen LogP contribution is -2.09. The summed E-state index contributed by atoms with van der Waals surface area (Å²) in [6.45, 7) is 2.00. The summed E-state index contributed by atoms with van der Waals surface area (Å²) in [4.78, 5) is 0. The summed E-state index contributed by atoms with van der Waals surface area (Å²) in [5.74, 6) is 0. The van der Waals surface area contributed by atoms with Crippen LogP contribution in [0.2, 0.25) is 0 Å². The van der Waals surface area contributed by atoms with Crippen molar-refractivity contribution in [2.24, 2.45) is 0 Å². The third-order valence-corrected chi connectivity index (χ3v) is 1.24. The standard InChI is InChI=1S/C6H6.C3H6O.Cl2O2S/c1-2-4-6-5-3-1;1-2-4-3-1;1-5(2,3)4/h1-6H;1-3H2;. The molecule has 1 saturated heterocycles. The molecule has 86 valence electrons. The van der Waals surface area contributed by atoms with Gasteiger partial charge in [-0.2, -0.15) is 8.42 Å². The van der Waals surface area contributed by atoms with Crippen LogP contribution < -0.4 is 0 Å². The minimum absolute atomic E-state index is 1.00. The van der Waals surface area contributed by atoms with Gasteiger partial charge in [0.1, 0.15) is 0 Å². The van der Waals surface area contributed by atoms with Gasteiger partial charge in [0.2, 0.25) is 0 Å². The fourth-order valence-electron chi connectivity index (χ4n) is 0.529. The molecule has 0 amide bonds. The number of hydrogen-bond acceptors (Lipinski definition) is 3. The van der Waals surface area contributed by atoms with Crippen LogP contribution in [-0.4, -0.2) is 21.6 Å². The maximum Gasteiger partial charge on any atom is 0.317 e. The largest absolute Gasteiger partial charge is 0.381 e. The van der Waals surface area contributed by atoms with Crippen LogP contribution in [0.15, 0.2) is 36.4 Å². The molecule has 0 spiro atoms. The van der Waals surface area contributed by atoms with Gasteiger partial charge >= 0.3 is 8.26 Å². The van der Waals surface area contributed by atoms with Crippen molar-refractivity contribution < 1.29 is 13.2 Å². The summed E-state index contributed by atoms with van der Waals surface area (Å²) >= 11 is 0. The van der Waals surface area contributed by atoms with E-state index in [1.807, 2.05) is 36.4 Å². The van der Waals surface area contributed by atoms with E-state index in [1.54, 1.807) is 0 Å². The minimum atomic E-state index is -3.72. The second-order valence-corrected chi connectivity index (χ2v) is 6.17. The van der Waals surface area contributed by atoms with Crippen LogP contribution in [0.5, 0.6) is 0 Å². The molecule has 1 aliphatic heterocycles. The van der Waals surface area contributed by atoms with E-state index in [-0.39, 0.29) is 0 Å². The molecule has 0 unspecified atom stereocenters. The number of halogens is 2. The normalized spacial score (nSPS) is 13.5. The highest BCUT2D eigenvalue weighted by Gasteiger charge is 1.94. The second kappa shape index (κ2) is 8.97. The predicted molar refractivity (Wildman–Crippen MR) is 62.5 cm³/mol. The minimum Gasteiger partial charge on any atom is -0.381 e. The molecule has 1 aromatic rings. The van der Waals surface area contributed by atoms with Crippen LogP contribution in [0.3, 0.4) is 0 Å². The smallest absolute Gasteiger partial charge is 0.317 e. The zero-order chi connectivity index (χ0) is 11.6. The van der Waals surface area contributed by atoms with Crippen LogP contribution in [0.4, 0.5) is 0 Å². The van der Waals surface area contributed by atoms with Gasteiger partial charge in [0.15, 0.2) is 0 Å². The van der Waals surface area contributed by atoms with Crippen molar-refractivity contribution in [2.75, 3.05) is 13.2 Å². The lowest BCUT2D eigenvalue weighted by Gasteiger charge is -2.09. The molecule has 1 aliphatic rings. The summed E-state index contributed by atoms with van der Waals surface area (Å²) in [7, 11) is 4.81. The van der Waals surface area contributed by atoms with Gasteiger partial charge in [-0.05, 0) is 6.42 Å². The fraction of sp³-hybridized carbons (Fsp3) is 0.333. The summed E-state index contributed by atoms with van der Waals surface area (Å²) in [5.41, 5.74) is 0. The Bertz CT molecular complexity index is 284. The summed E-state index contributed by atoms with van der Waals surface area (Å²) in [5, 5.41) is 0. The van der Waals surface area contributed by atoms with Gasteiger partial charge in [-0.3, -0.25) is 0 Å². The first kappa shape index (κ1) is 14.7. The van der Waals surface area contributed by atoms with Gasteiger partial charge in [0, 0.05) is 34.6 Å². The maximum atomic E-state index is 9.16. The van der Waals surface area contributed by atoms with Gasteiger partial charge in [0.25, 0.3) is 0 Å². The Balaban J connectivity index is 0.000000200. The van der Waals surface area contributed by atoms with Gasteiger partial charge in [-0.25, -0.2) is 0 Å². The van der Waals surface area contributed by atoms with Crippen LogP contribution in [0, 0.1) is 0 Å². The van der Waals surface area contributed by atoms with E-state index in [0.29, 0.717) is 0 Å². The zero-order valence-electron chi connectivity index (χ0n) is 7.97. The lowest BCUT2D eigenvalue weighted by atomic mass is 10.4. The highest BCUT2D eigenvalue weighted by atomic mass is 36.0. The van der Waals surface area contributed by atoms with Crippen molar-refractivity contribution in [3.63, 3.8) is 0 Å². The van der Waals surface area contributed by atoms with Crippen molar-refractivity contribution >= 4 is 29.6 Å². The molecule has 2 rings (SSSR count). The number of benzene rings is 1. The monoisotopic (exact) mass is 270 g/mol. The molecule has 0 aromatic heterocycles. The maximum absolute atomic E-state index is 9.16. The number of ether oxygens (including phenoxy) is 1. The number of rotatable bonds is 0. The van der Waals surface area contributed by atoms with Crippen molar-refractivity contribution in [1.82, 2.24) is 0 Å². The molecular weight excluding hydrogens is 259 g/mol. The van der Waals surface area contributed by atoms with Crippen molar-refractivity contribution in [2.45, 2.75) is 6.42 Å². The molecule has 0 aliphatic carbocycles. The molecule has 0 bridgehead atoms. The van der Waals surface area contributed by atoms with Gasteiger partial charge < -0.3 is 4.74 Å². The Morgan fingerprint density at radius 1 is 0.867 bits per heavy atom. The van der Waals surface area contributed by atoms with Crippen molar-refractivity contribution in [1.29, 1.82) is 0 Å².